The predicted octanol–water partition coefficient (Wildman–Crippen LogP) is 2.68. The third-order valence-corrected chi connectivity index (χ3v) is 4.98. The summed E-state index contributed by atoms with van der Waals surface area (Å²) in [7, 11) is 0. The van der Waals surface area contributed by atoms with Crippen LogP contribution in [-0.2, 0) is 4.79 Å². The van der Waals surface area contributed by atoms with Gasteiger partial charge < -0.3 is 9.80 Å². The van der Waals surface area contributed by atoms with Crippen molar-refractivity contribution in [2.24, 2.45) is 0 Å². The minimum Gasteiger partial charge on any atom is -0.353 e. The van der Waals surface area contributed by atoms with Crippen LogP contribution in [0.4, 0.5) is 5.82 Å². The Labute approximate surface area is 167 Å². The van der Waals surface area contributed by atoms with Gasteiger partial charge >= 0.3 is 0 Å². The van der Waals surface area contributed by atoms with E-state index in [2.05, 4.69) is 19.9 Å². The molecule has 1 aliphatic heterocycles. The molecule has 1 amide bonds. The number of piperazine rings is 1. The number of hydrogen-bond donors (Lipinski definition) is 0. The van der Waals surface area contributed by atoms with Gasteiger partial charge in [-0.15, -0.1) is 0 Å². The second-order valence-electron chi connectivity index (χ2n) is 6.37. The van der Waals surface area contributed by atoms with E-state index in [1.807, 2.05) is 46.0 Å². The van der Waals surface area contributed by atoms with Gasteiger partial charge in [0.2, 0.25) is 5.91 Å². The average molecular weight is 395 g/mol. The Balaban J connectivity index is 1.38. The molecule has 0 radical (unpaired) electrons. The second-order valence-corrected chi connectivity index (χ2v) is 6.78. The number of nitrogens with zero attached hydrogens (tertiary/aromatic N) is 6. The summed E-state index contributed by atoms with van der Waals surface area (Å²) in [5.74, 6) is 1.60. The van der Waals surface area contributed by atoms with Crippen LogP contribution in [0, 0.1) is 0 Å². The molecule has 1 fully saturated rings. The molecule has 142 valence electrons. The van der Waals surface area contributed by atoms with Crippen LogP contribution in [0.3, 0.4) is 0 Å². The number of carbonyl (C=O) groups is 1. The maximum atomic E-state index is 12.5. The van der Waals surface area contributed by atoms with Gasteiger partial charge in [-0.05, 0) is 17.7 Å². The molecule has 28 heavy (non-hydrogen) atoms. The molecule has 0 atom stereocenters. The molecule has 0 bridgehead atoms. The zero-order valence-electron chi connectivity index (χ0n) is 15.1. The maximum Gasteiger partial charge on any atom is 0.246 e. The SMILES string of the molecule is O=C(/C=C/c1ccccc1Cl)N1CCN(c2cc(-n3ccnc3)ncn2)CC1. The molecule has 1 aliphatic rings. The number of imidazole rings is 1. The molecule has 0 unspecified atom stereocenters. The highest BCUT2D eigenvalue weighted by Gasteiger charge is 2.21. The van der Waals surface area contributed by atoms with Gasteiger partial charge in [0.1, 0.15) is 24.3 Å². The highest BCUT2D eigenvalue weighted by atomic mass is 35.5. The van der Waals surface area contributed by atoms with Crippen LogP contribution in [0.5, 0.6) is 0 Å². The van der Waals surface area contributed by atoms with Crippen molar-refractivity contribution in [2.45, 2.75) is 0 Å². The average Bonchev–Trinajstić information content (AvgIpc) is 3.28. The van der Waals surface area contributed by atoms with E-state index >= 15 is 0 Å². The first-order chi connectivity index (χ1) is 13.7. The van der Waals surface area contributed by atoms with E-state index in [4.69, 9.17) is 11.6 Å². The topological polar surface area (TPSA) is 67.2 Å². The van der Waals surface area contributed by atoms with Gasteiger partial charge in [0.05, 0.1) is 0 Å². The van der Waals surface area contributed by atoms with Gasteiger partial charge in [-0.1, -0.05) is 29.8 Å². The minimum atomic E-state index is -0.0126. The number of rotatable bonds is 4. The Kier molecular flexibility index (Phi) is 5.34. The molecule has 2 aromatic heterocycles. The van der Waals surface area contributed by atoms with Crippen molar-refractivity contribution in [1.82, 2.24) is 24.4 Å². The first-order valence-electron chi connectivity index (χ1n) is 8.97. The van der Waals surface area contributed by atoms with Crippen molar-refractivity contribution < 1.29 is 4.79 Å². The summed E-state index contributed by atoms with van der Waals surface area (Å²) in [5, 5.41) is 0.633. The molecule has 0 saturated carbocycles. The van der Waals surface area contributed by atoms with Gasteiger partial charge in [-0.25, -0.2) is 15.0 Å². The fraction of sp³-hybridized carbons (Fsp3) is 0.200. The van der Waals surface area contributed by atoms with Crippen LogP contribution < -0.4 is 4.90 Å². The molecule has 0 N–H and O–H groups in total. The summed E-state index contributed by atoms with van der Waals surface area (Å²) in [6.07, 6.45) is 10.1. The molecular weight excluding hydrogens is 376 g/mol. The van der Waals surface area contributed by atoms with E-state index in [0.717, 1.165) is 17.2 Å². The van der Waals surface area contributed by atoms with Crippen molar-refractivity contribution in [3.8, 4) is 5.82 Å². The summed E-state index contributed by atoms with van der Waals surface area (Å²) in [6.45, 7) is 2.70. The van der Waals surface area contributed by atoms with Crippen LogP contribution >= 0.6 is 11.6 Å². The molecule has 3 aromatic rings. The highest BCUT2D eigenvalue weighted by molar-refractivity contribution is 6.32. The molecule has 1 aromatic carbocycles. The smallest absolute Gasteiger partial charge is 0.246 e. The summed E-state index contributed by atoms with van der Waals surface area (Å²) in [6, 6.07) is 9.39. The molecule has 1 saturated heterocycles. The Bertz CT molecular complexity index is 980. The maximum absolute atomic E-state index is 12.5. The molecule has 4 rings (SSSR count). The van der Waals surface area contributed by atoms with Gasteiger partial charge in [0, 0.05) is 55.7 Å². The van der Waals surface area contributed by atoms with Crippen LogP contribution in [0.2, 0.25) is 5.02 Å². The van der Waals surface area contributed by atoms with E-state index in [0.29, 0.717) is 31.2 Å². The Hall–Kier alpha value is -3.19. The number of hydrogen-bond acceptors (Lipinski definition) is 5. The molecule has 8 heteroatoms. The van der Waals surface area contributed by atoms with Crippen LogP contribution in [0.1, 0.15) is 5.56 Å². The lowest BCUT2D eigenvalue weighted by Gasteiger charge is -2.35. The number of amides is 1. The Morgan fingerprint density at radius 3 is 2.61 bits per heavy atom. The summed E-state index contributed by atoms with van der Waals surface area (Å²) in [5.41, 5.74) is 0.837. The first-order valence-corrected chi connectivity index (χ1v) is 9.35. The van der Waals surface area contributed by atoms with E-state index in [-0.39, 0.29) is 5.91 Å². The molecule has 3 heterocycles. The van der Waals surface area contributed by atoms with Crippen molar-refractivity contribution >= 4 is 29.4 Å². The molecule has 0 spiro atoms. The van der Waals surface area contributed by atoms with Crippen LogP contribution in [-0.4, -0.2) is 56.5 Å². The number of halogens is 1. The van der Waals surface area contributed by atoms with Crippen molar-refractivity contribution in [3.05, 3.63) is 72.0 Å². The summed E-state index contributed by atoms with van der Waals surface area (Å²) in [4.78, 5) is 29.2. The lowest BCUT2D eigenvalue weighted by atomic mass is 10.2. The standard InChI is InChI=1S/C20H19ClN6O/c21-17-4-2-1-3-16(17)5-6-20(28)26-11-9-25(10-12-26)18-13-19(24-14-23-18)27-8-7-22-15-27/h1-8,13-15H,9-12H2/b6-5+. The number of carbonyl (C=O) groups excluding carboxylic acids is 1. The monoisotopic (exact) mass is 394 g/mol. The fourth-order valence-electron chi connectivity index (χ4n) is 3.08. The third-order valence-electron chi connectivity index (χ3n) is 4.63. The predicted molar refractivity (Wildman–Crippen MR) is 108 cm³/mol. The van der Waals surface area contributed by atoms with Crippen LogP contribution in [0.15, 0.2) is 61.5 Å². The molecule has 0 aliphatic carbocycles. The number of benzene rings is 1. The highest BCUT2D eigenvalue weighted by Crippen LogP contribution is 2.18. The Morgan fingerprint density at radius 2 is 1.86 bits per heavy atom. The largest absolute Gasteiger partial charge is 0.353 e. The number of anilines is 1. The quantitative estimate of drug-likeness (QED) is 0.636. The third kappa shape index (κ3) is 4.04. The van der Waals surface area contributed by atoms with Gasteiger partial charge in [-0.2, -0.15) is 0 Å². The van der Waals surface area contributed by atoms with E-state index < -0.39 is 0 Å². The van der Waals surface area contributed by atoms with E-state index in [9.17, 15) is 4.79 Å². The van der Waals surface area contributed by atoms with Crippen LogP contribution in [0.25, 0.3) is 11.9 Å². The summed E-state index contributed by atoms with van der Waals surface area (Å²) < 4.78 is 1.84. The number of aromatic nitrogens is 4. The van der Waals surface area contributed by atoms with E-state index in [1.165, 1.54) is 0 Å². The zero-order valence-corrected chi connectivity index (χ0v) is 15.9. The van der Waals surface area contributed by atoms with E-state index in [1.54, 1.807) is 31.0 Å². The van der Waals surface area contributed by atoms with Crippen molar-refractivity contribution in [3.63, 3.8) is 0 Å². The van der Waals surface area contributed by atoms with Gasteiger partial charge in [0.15, 0.2) is 0 Å². The normalized spacial score (nSPS) is 14.6. The second kappa shape index (κ2) is 8.22. The molecule has 7 nitrogen and oxygen atoms in total. The lowest BCUT2D eigenvalue weighted by Crippen LogP contribution is -2.48. The first kappa shape index (κ1) is 18.2. The summed E-state index contributed by atoms with van der Waals surface area (Å²) >= 11 is 6.13. The lowest BCUT2D eigenvalue weighted by molar-refractivity contribution is -0.126. The van der Waals surface area contributed by atoms with Crippen molar-refractivity contribution in [2.75, 3.05) is 31.1 Å². The fourth-order valence-corrected chi connectivity index (χ4v) is 3.28. The molecular formula is C20H19ClN6O. The minimum absolute atomic E-state index is 0.0126. The zero-order chi connectivity index (χ0) is 19.3. The van der Waals surface area contributed by atoms with Gasteiger partial charge in [-0.3, -0.25) is 9.36 Å². The van der Waals surface area contributed by atoms with Gasteiger partial charge in [0.25, 0.3) is 0 Å². The Morgan fingerprint density at radius 1 is 1.07 bits per heavy atom. The van der Waals surface area contributed by atoms with Crippen molar-refractivity contribution in [1.29, 1.82) is 0 Å².